The standard InChI is InChI=1S/C13H17N3O2S/c1-14-19(17,18)7-6-15-9-12-10-16-8-11-4-2-3-5-13(11)12/h2-5,8,10,14-15H,6-7,9H2,1H3. The molecule has 1 aromatic heterocycles. The Kier molecular flexibility index (Phi) is 4.47. The zero-order chi connectivity index (χ0) is 13.7. The van der Waals surface area contributed by atoms with Gasteiger partial charge in [-0.1, -0.05) is 24.3 Å². The molecule has 2 aromatic rings. The first-order chi connectivity index (χ1) is 9.12. The lowest BCUT2D eigenvalue weighted by Crippen LogP contribution is -2.29. The lowest BCUT2D eigenvalue weighted by Gasteiger charge is -2.08. The Morgan fingerprint density at radius 1 is 1.21 bits per heavy atom. The fourth-order valence-corrected chi connectivity index (χ4v) is 2.47. The molecule has 5 nitrogen and oxygen atoms in total. The maximum atomic E-state index is 11.3. The largest absolute Gasteiger partial charge is 0.312 e. The molecular formula is C13H17N3O2S. The molecule has 0 aliphatic carbocycles. The van der Waals surface area contributed by atoms with Crippen molar-refractivity contribution in [1.82, 2.24) is 15.0 Å². The number of nitrogens with one attached hydrogen (secondary N) is 2. The Balaban J connectivity index is 1.99. The van der Waals surface area contributed by atoms with Gasteiger partial charge < -0.3 is 5.32 Å². The predicted molar refractivity (Wildman–Crippen MR) is 76.3 cm³/mol. The number of nitrogens with zero attached hydrogens (tertiary/aromatic N) is 1. The predicted octanol–water partition coefficient (Wildman–Crippen LogP) is 0.874. The Hall–Kier alpha value is -1.50. The number of sulfonamides is 1. The van der Waals surface area contributed by atoms with Crippen LogP contribution in [0.5, 0.6) is 0 Å². The number of hydrogen-bond donors (Lipinski definition) is 2. The molecule has 0 spiro atoms. The van der Waals surface area contributed by atoms with Crippen molar-refractivity contribution in [3.05, 3.63) is 42.2 Å². The van der Waals surface area contributed by atoms with Crippen molar-refractivity contribution >= 4 is 20.8 Å². The molecule has 0 saturated carbocycles. The highest BCUT2D eigenvalue weighted by Gasteiger charge is 2.06. The summed E-state index contributed by atoms with van der Waals surface area (Å²) in [4.78, 5) is 4.19. The van der Waals surface area contributed by atoms with Crippen LogP contribution in [0, 0.1) is 0 Å². The first kappa shape index (κ1) is 13.9. The van der Waals surface area contributed by atoms with Gasteiger partial charge in [0.2, 0.25) is 10.0 Å². The molecule has 2 N–H and O–H groups in total. The minimum Gasteiger partial charge on any atom is -0.312 e. The van der Waals surface area contributed by atoms with Crippen molar-refractivity contribution in [1.29, 1.82) is 0 Å². The van der Waals surface area contributed by atoms with Gasteiger partial charge >= 0.3 is 0 Å². The average molecular weight is 279 g/mol. The second-order valence-corrected chi connectivity index (χ2v) is 6.27. The highest BCUT2D eigenvalue weighted by atomic mass is 32.2. The Bertz CT molecular complexity index is 650. The molecule has 19 heavy (non-hydrogen) atoms. The summed E-state index contributed by atoms with van der Waals surface area (Å²) in [6, 6.07) is 8.01. The molecule has 2 rings (SSSR count). The molecule has 0 fully saturated rings. The molecule has 6 heteroatoms. The second kappa shape index (κ2) is 6.10. The fraction of sp³-hybridized carbons (Fsp3) is 0.308. The third-order valence-corrected chi connectivity index (χ3v) is 4.29. The first-order valence-electron chi connectivity index (χ1n) is 6.06. The topological polar surface area (TPSA) is 71.1 Å². The summed E-state index contributed by atoms with van der Waals surface area (Å²) in [6.45, 7) is 1.01. The van der Waals surface area contributed by atoms with E-state index in [1.54, 1.807) is 0 Å². The van der Waals surface area contributed by atoms with Crippen LogP contribution in [-0.2, 0) is 16.6 Å². The van der Waals surface area contributed by atoms with Crippen LogP contribution in [0.4, 0.5) is 0 Å². The van der Waals surface area contributed by atoms with E-state index in [1.807, 2.05) is 36.7 Å². The highest BCUT2D eigenvalue weighted by molar-refractivity contribution is 7.89. The van der Waals surface area contributed by atoms with E-state index in [0.29, 0.717) is 13.1 Å². The van der Waals surface area contributed by atoms with E-state index in [1.165, 1.54) is 7.05 Å². The van der Waals surface area contributed by atoms with Gasteiger partial charge in [0, 0.05) is 30.9 Å². The van der Waals surface area contributed by atoms with E-state index in [-0.39, 0.29) is 5.75 Å². The molecule has 0 unspecified atom stereocenters. The van der Waals surface area contributed by atoms with Crippen molar-refractivity contribution in [3.8, 4) is 0 Å². The van der Waals surface area contributed by atoms with E-state index >= 15 is 0 Å². The molecule has 1 heterocycles. The summed E-state index contributed by atoms with van der Waals surface area (Å²) in [5.41, 5.74) is 1.07. The zero-order valence-electron chi connectivity index (χ0n) is 10.8. The molecule has 0 aliphatic rings. The lowest BCUT2D eigenvalue weighted by molar-refractivity contribution is 0.583. The lowest BCUT2D eigenvalue weighted by atomic mass is 10.1. The zero-order valence-corrected chi connectivity index (χ0v) is 11.6. The number of benzene rings is 1. The molecule has 102 valence electrons. The summed E-state index contributed by atoms with van der Waals surface area (Å²) < 4.78 is 24.8. The van der Waals surface area contributed by atoms with Gasteiger partial charge in [0.25, 0.3) is 0 Å². The fourth-order valence-electron chi connectivity index (χ4n) is 1.85. The van der Waals surface area contributed by atoms with Gasteiger partial charge in [0.1, 0.15) is 0 Å². The van der Waals surface area contributed by atoms with Crippen molar-refractivity contribution in [2.24, 2.45) is 0 Å². The molecule has 0 atom stereocenters. The number of pyridine rings is 1. The third-order valence-electron chi connectivity index (χ3n) is 2.92. The van der Waals surface area contributed by atoms with Crippen molar-refractivity contribution in [2.45, 2.75) is 6.54 Å². The second-order valence-electron chi connectivity index (χ2n) is 4.22. The summed E-state index contributed by atoms with van der Waals surface area (Å²) in [7, 11) is -1.72. The monoisotopic (exact) mass is 279 g/mol. The van der Waals surface area contributed by atoms with Gasteiger partial charge in [0.15, 0.2) is 0 Å². The smallest absolute Gasteiger partial charge is 0.212 e. The van der Waals surface area contributed by atoms with Gasteiger partial charge in [-0.05, 0) is 18.0 Å². The van der Waals surface area contributed by atoms with E-state index in [0.717, 1.165) is 16.3 Å². The maximum absolute atomic E-state index is 11.3. The molecule has 1 aromatic carbocycles. The van der Waals surface area contributed by atoms with Crippen LogP contribution in [0.2, 0.25) is 0 Å². The summed E-state index contributed by atoms with van der Waals surface area (Å²) in [5.74, 6) is 0.0711. The number of rotatable bonds is 6. The van der Waals surface area contributed by atoms with Crippen molar-refractivity contribution < 1.29 is 8.42 Å². The Morgan fingerprint density at radius 3 is 2.79 bits per heavy atom. The quantitative estimate of drug-likeness (QED) is 0.770. The number of aromatic nitrogens is 1. The number of fused-ring (bicyclic) bond motifs is 1. The van der Waals surface area contributed by atoms with Crippen LogP contribution in [0.1, 0.15) is 5.56 Å². The van der Waals surface area contributed by atoms with Crippen LogP contribution in [0.15, 0.2) is 36.7 Å². The SMILES string of the molecule is CNS(=O)(=O)CCNCc1cncc2ccccc12. The first-order valence-corrected chi connectivity index (χ1v) is 7.71. The Morgan fingerprint density at radius 2 is 2.00 bits per heavy atom. The van der Waals surface area contributed by atoms with Crippen molar-refractivity contribution in [2.75, 3.05) is 19.3 Å². The normalized spacial score (nSPS) is 11.8. The van der Waals surface area contributed by atoms with Gasteiger partial charge in [-0.15, -0.1) is 0 Å². The Labute approximate surface area is 113 Å². The van der Waals surface area contributed by atoms with Crippen LogP contribution in [0.3, 0.4) is 0 Å². The van der Waals surface area contributed by atoms with E-state index in [2.05, 4.69) is 15.0 Å². The van der Waals surface area contributed by atoms with Gasteiger partial charge in [-0.2, -0.15) is 0 Å². The molecule has 0 radical (unpaired) electrons. The summed E-state index contributed by atoms with van der Waals surface area (Å²) in [6.07, 6.45) is 3.63. The molecule has 0 aliphatic heterocycles. The summed E-state index contributed by atoms with van der Waals surface area (Å²) >= 11 is 0. The highest BCUT2D eigenvalue weighted by Crippen LogP contribution is 2.16. The van der Waals surface area contributed by atoms with Gasteiger partial charge in [-0.25, -0.2) is 13.1 Å². The molecule has 0 bridgehead atoms. The molecule has 0 saturated heterocycles. The van der Waals surface area contributed by atoms with Crippen LogP contribution >= 0.6 is 0 Å². The third kappa shape index (κ3) is 3.73. The average Bonchev–Trinajstić information content (AvgIpc) is 2.44. The maximum Gasteiger partial charge on any atom is 0.212 e. The number of hydrogen-bond acceptors (Lipinski definition) is 4. The molecule has 0 amide bonds. The van der Waals surface area contributed by atoms with Gasteiger partial charge in [-0.3, -0.25) is 4.98 Å². The van der Waals surface area contributed by atoms with Crippen LogP contribution in [-0.4, -0.2) is 32.7 Å². The van der Waals surface area contributed by atoms with E-state index in [4.69, 9.17) is 0 Å². The van der Waals surface area contributed by atoms with Crippen molar-refractivity contribution in [3.63, 3.8) is 0 Å². The minimum atomic E-state index is -3.14. The van der Waals surface area contributed by atoms with Crippen LogP contribution < -0.4 is 10.0 Å². The summed E-state index contributed by atoms with van der Waals surface area (Å²) in [5, 5.41) is 5.35. The minimum absolute atomic E-state index is 0.0711. The van der Waals surface area contributed by atoms with E-state index < -0.39 is 10.0 Å². The molecular weight excluding hydrogens is 262 g/mol. The van der Waals surface area contributed by atoms with Crippen LogP contribution in [0.25, 0.3) is 10.8 Å². The van der Waals surface area contributed by atoms with Gasteiger partial charge in [0.05, 0.1) is 5.75 Å². The van der Waals surface area contributed by atoms with E-state index in [9.17, 15) is 8.42 Å².